The summed E-state index contributed by atoms with van der Waals surface area (Å²) in [4.78, 5) is 3.17. The molecule has 1 fully saturated rings. The number of nitrogens with two attached hydrogens (primary N) is 1. The molecule has 1 aromatic heterocycles. The fourth-order valence-electron chi connectivity index (χ4n) is 1.88. The lowest BCUT2D eigenvalue weighted by Gasteiger charge is -2.26. The van der Waals surface area contributed by atoms with Crippen molar-refractivity contribution in [2.45, 2.75) is 18.9 Å². The summed E-state index contributed by atoms with van der Waals surface area (Å²) in [5.41, 5.74) is 7.27. The van der Waals surface area contributed by atoms with E-state index in [9.17, 15) is 0 Å². The molecule has 0 saturated carbocycles. The van der Waals surface area contributed by atoms with E-state index >= 15 is 0 Å². The molecule has 1 aromatic rings. The Morgan fingerprint density at radius 3 is 2.71 bits per heavy atom. The standard InChI is InChI=1S/C10H16N2O.ClH/c11-10(9-2-1-5-12-9)8-3-6-13-7-4-8;/h1-2,5,8,10,12H,3-4,6-7,11H2;1H/t10-;/m1./s1. The van der Waals surface area contributed by atoms with Crippen molar-refractivity contribution in [1.29, 1.82) is 0 Å². The molecule has 80 valence electrons. The average molecular weight is 217 g/mol. The molecule has 0 bridgehead atoms. The number of ether oxygens (including phenoxy) is 1. The van der Waals surface area contributed by atoms with Crippen LogP contribution < -0.4 is 5.73 Å². The molecule has 0 spiro atoms. The number of aromatic nitrogens is 1. The fourth-order valence-corrected chi connectivity index (χ4v) is 1.88. The van der Waals surface area contributed by atoms with Gasteiger partial charge in [-0.25, -0.2) is 0 Å². The Hall–Kier alpha value is -0.510. The molecular weight excluding hydrogens is 200 g/mol. The predicted molar refractivity (Wildman–Crippen MR) is 58.5 cm³/mol. The summed E-state index contributed by atoms with van der Waals surface area (Å²) in [6, 6.07) is 4.20. The minimum absolute atomic E-state index is 0. The molecule has 4 heteroatoms. The second-order valence-corrected chi connectivity index (χ2v) is 3.60. The number of hydrogen-bond acceptors (Lipinski definition) is 2. The van der Waals surface area contributed by atoms with Gasteiger partial charge in [-0.1, -0.05) is 0 Å². The molecule has 1 aliphatic rings. The van der Waals surface area contributed by atoms with Crippen molar-refractivity contribution in [3.05, 3.63) is 24.0 Å². The topological polar surface area (TPSA) is 51.0 Å². The van der Waals surface area contributed by atoms with Gasteiger partial charge in [-0.15, -0.1) is 12.4 Å². The van der Waals surface area contributed by atoms with Crippen LogP contribution in [-0.2, 0) is 4.74 Å². The maximum atomic E-state index is 6.13. The zero-order chi connectivity index (χ0) is 9.10. The summed E-state index contributed by atoms with van der Waals surface area (Å²) in [5, 5.41) is 0. The highest BCUT2D eigenvalue weighted by atomic mass is 35.5. The quantitative estimate of drug-likeness (QED) is 0.793. The molecule has 1 saturated heterocycles. The van der Waals surface area contributed by atoms with Crippen LogP contribution in [0.2, 0.25) is 0 Å². The van der Waals surface area contributed by atoms with Crippen LogP contribution in [0.25, 0.3) is 0 Å². The first-order valence-electron chi connectivity index (χ1n) is 4.84. The van der Waals surface area contributed by atoms with Crippen molar-refractivity contribution in [3.8, 4) is 0 Å². The largest absolute Gasteiger partial charge is 0.381 e. The molecule has 0 aromatic carbocycles. The average Bonchev–Trinajstić information content (AvgIpc) is 2.71. The first-order chi connectivity index (χ1) is 6.38. The van der Waals surface area contributed by atoms with E-state index in [-0.39, 0.29) is 18.4 Å². The van der Waals surface area contributed by atoms with Crippen LogP contribution in [0.15, 0.2) is 18.3 Å². The Bertz CT molecular complexity index is 245. The van der Waals surface area contributed by atoms with E-state index in [1.165, 1.54) is 0 Å². The molecular formula is C10H17ClN2O. The molecule has 0 amide bonds. The lowest BCUT2D eigenvalue weighted by Crippen LogP contribution is -2.27. The van der Waals surface area contributed by atoms with Gasteiger partial charge >= 0.3 is 0 Å². The van der Waals surface area contributed by atoms with Gasteiger partial charge < -0.3 is 15.5 Å². The summed E-state index contributed by atoms with van der Waals surface area (Å²) in [6.45, 7) is 1.72. The first-order valence-corrected chi connectivity index (χ1v) is 4.84. The first kappa shape index (κ1) is 11.6. The number of hydrogen-bond donors (Lipinski definition) is 2. The number of H-pyrrole nitrogens is 1. The zero-order valence-electron chi connectivity index (χ0n) is 8.11. The molecule has 2 rings (SSSR count). The molecule has 0 radical (unpaired) electrons. The number of rotatable bonds is 2. The van der Waals surface area contributed by atoms with Crippen molar-refractivity contribution < 1.29 is 4.74 Å². The Balaban J connectivity index is 0.000000980. The molecule has 3 N–H and O–H groups in total. The van der Waals surface area contributed by atoms with Crippen molar-refractivity contribution in [2.75, 3.05) is 13.2 Å². The van der Waals surface area contributed by atoms with E-state index in [1.807, 2.05) is 12.3 Å². The highest BCUT2D eigenvalue weighted by Gasteiger charge is 2.22. The minimum Gasteiger partial charge on any atom is -0.381 e. The van der Waals surface area contributed by atoms with Gasteiger partial charge in [0.15, 0.2) is 0 Å². The van der Waals surface area contributed by atoms with E-state index in [2.05, 4.69) is 11.1 Å². The highest BCUT2D eigenvalue weighted by molar-refractivity contribution is 5.85. The van der Waals surface area contributed by atoms with Gasteiger partial charge in [0, 0.05) is 31.1 Å². The normalized spacial score (nSPS) is 20.1. The third-order valence-electron chi connectivity index (χ3n) is 2.75. The molecule has 1 aliphatic heterocycles. The third-order valence-corrected chi connectivity index (χ3v) is 2.75. The van der Waals surface area contributed by atoms with Gasteiger partial charge in [0.2, 0.25) is 0 Å². The van der Waals surface area contributed by atoms with E-state index < -0.39 is 0 Å². The maximum Gasteiger partial charge on any atom is 0.0478 e. The van der Waals surface area contributed by atoms with Crippen LogP contribution in [0, 0.1) is 5.92 Å². The van der Waals surface area contributed by atoms with Gasteiger partial charge in [-0.2, -0.15) is 0 Å². The monoisotopic (exact) mass is 216 g/mol. The summed E-state index contributed by atoms with van der Waals surface area (Å²) in [6.07, 6.45) is 4.09. The molecule has 1 atom stereocenters. The van der Waals surface area contributed by atoms with Crippen molar-refractivity contribution in [2.24, 2.45) is 11.7 Å². The number of aromatic amines is 1. The Labute approximate surface area is 90.4 Å². The van der Waals surface area contributed by atoms with Crippen molar-refractivity contribution in [1.82, 2.24) is 4.98 Å². The van der Waals surface area contributed by atoms with Crippen LogP contribution in [0.4, 0.5) is 0 Å². The van der Waals surface area contributed by atoms with Crippen LogP contribution in [0.3, 0.4) is 0 Å². The molecule has 14 heavy (non-hydrogen) atoms. The third kappa shape index (κ3) is 2.50. The second-order valence-electron chi connectivity index (χ2n) is 3.60. The van der Waals surface area contributed by atoms with Gasteiger partial charge in [0.25, 0.3) is 0 Å². The van der Waals surface area contributed by atoms with E-state index in [0.29, 0.717) is 5.92 Å². The Kier molecular flexibility index (Phi) is 4.45. The molecule has 0 unspecified atom stereocenters. The van der Waals surface area contributed by atoms with Crippen LogP contribution >= 0.6 is 12.4 Å². The zero-order valence-corrected chi connectivity index (χ0v) is 8.93. The van der Waals surface area contributed by atoms with Crippen LogP contribution in [0.1, 0.15) is 24.6 Å². The summed E-state index contributed by atoms with van der Waals surface area (Å²) < 4.78 is 5.30. The molecule has 0 aliphatic carbocycles. The van der Waals surface area contributed by atoms with E-state index in [0.717, 1.165) is 31.7 Å². The van der Waals surface area contributed by atoms with Crippen LogP contribution in [0.5, 0.6) is 0 Å². The van der Waals surface area contributed by atoms with Gasteiger partial charge in [-0.3, -0.25) is 0 Å². The van der Waals surface area contributed by atoms with Gasteiger partial charge in [0.05, 0.1) is 0 Å². The molecule has 2 heterocycles. The van der Waals surface area contributed by atoms with Gasteiger partial charge in [-0.05, 0) is 30.9 Å². The van der Waals surface area contributed by atoms with Crippen molar-refractivity contribution >= 4 is 12.4 Å². The molecule has 3 nitrogen and oxygen atoms in total. The highest BCUT2D eigenvalue weighted by Crippen LogP contribution is 2.26. The van der Waals surface area contributed by atoms with E-state index in [1.54, 1.807) is 0 Å². The van der Waals surface area contributed by atoms with Gasteiger partial charge in [0.1, 0.15) is 0 Å². The fraction of sp³-hybridized carbons (Fsp3) is 0.600. The smallest absolute Gasteiger partial charge is 0.0478 e. The summed E-state index contributed by atoms with van der Waals surface area (Å²) >= 11 is 0. The summed E-state index contributed by atoms with van der Waals surface area (Å²) in [7, 11) is 0. The lowest BCUT2D eigenvalue weighted by atomic mass is 9.90. The second kappa shape index (κ2) is 5.39. The Morgan fingerprint density at radius 2 is 2.14 bits per heavy atom. The maximum absolute atomic E-state index is 6.13. The minimum atomic E-state index is 0. The van der Waals surface area contributed by atoms with Crippen molar-refractivity contribution in [3.63, 3.8) is 0 Å². The number of nitrogens with one attached hydrogen (secondary N) is 1. The van der Waals surface area contributed by atoms with E-state index in [4.69, 9.17) is 10.5 Å². The predicted octanol–water partition coefficient (Wildman–Crippen LogP) is 1.86. The lowest BCUT2D eigenvalue weighted by molar-refractivity contribution is 0.0580. The Morgan fingerprint density at radius 1 is 1.43 bits per heavy atom. The van der Waals surface area contributed by atoms with Crippen LogP contribution in [-0.4, -0.2) is 18.2 Å². The number of halogens is 1. The summed E-state index contributed by atoms with van der Waals surface area (Å²) in [5.74, 6) is 0.576. The SMILES string of the molecule is Cl.N[C@@H](c1ccc[nH]1)C1CCOCC1.